The van der Waals surface area contributed by atoms with Crippen molar-refractivity contribution in [2.24, 2.45) is 0 Å². The number of benzene rings is 1. The fourth-order valence-electron chi connectivity index (χ4n) is 2.67. The number of imidazole rings is 1. The average Bonchev–Trinajstić information content (AvgIpc) is 2.75. The van der Waals surface area contributed by atoms with E-state index in [0.717, 1.165) is 40.8 Å². The summed E-state index contributed by atoms with van der Waals surface area (Å²) in [5, 5.41) is 0. The standard InChI is InChI=1S/C14H16N2OS/c1-17-12-9-5-8-11-13(12)15-14(18)16(11)10-6-3-2-4-7-10/h2-3,5,8-10H,4,6-7H2,1H3,(H,15,18). The van der Waals surface area contributed by atoms with Crippen molar-refractivity contribution >= 4 is 23.3 Å². The third-order valence-electron chi connectivity index (χ3n) is 3.54. The molecule has 0 aliphatic heterocycles. The number of aromatic amines is 1. The molecule has 1 atom stereocenters. The lowest BCUT2D eigenvalue weighted by Gasteiger charge is -2.20. The van der Waals surface area contributed by atoms with Crippen LogP contribution in [-0.4, -0.2) is 16.7 Å². The number of H-pyrrole nitrogens is 1. The van der Waals surface area contributed by atoms with Gasteiger partial charge in [0.05, 0.1) is 12.6 Å². The Morgan fingerprint density at radius 2 is 2.28 bits per heavy atom. The highest BCUT2D eigenvalue weighted by atomic mass is 32.1. The number of para-hydroxylation sites is 1. The Labute approximate surface area is 111 Å². The largest absolute Gasteiger partial charge is 0.494 e. The molecule has 3 nitrogen and oxygen atoms in total. The van der Waals surface area contributed by atoms with Crippen LogP contribution in [0.1, 0.15) is 25.3 Å². The van der Waals surface area contributed by atoms with Crippen LogP contribution in [0.15, 0.2) is 30.4 Å². The Kier molecular flexibility index (Phi) is 2.96. The zero-order valence-corrected chi connectivity index (χ0v) is 11.2. The van der Waals surface area contributed by atoms with Gasteiger partial charge in [0.15, 0.2) is 4.77 Å². The number of methoxy groups -OCH3 is 1. The average molecular weight is 260 g/mol. The van der Waals surface area contributed by atoms with E-state index < -0.39 is 0 Å². The van der Waals surface area contributed by atoms with Crippen LogP contribution in [-0.2, 0) is 0 Å². The molecule has 18 heavy (non-hydrogen) atoms. The number of nitrogens with one attached hydrogen (secondary N) is 1. The molecule has 0 bridgehead atoms. The summed E-state index contributed by atoms with van der Waals surface area (Å²) in [6.07, 6.45) is 7.82. The van der Waals surface area contributed by atoms with E-state index in [-0.39, 0.29) is 0 Å². The van der Waals surface area contributed by atoms with E-state index >= 15 is 0 Å². The van der Waals surface area contributed by atoms with Crippen molar-refractivity contribution in [2.75, 3.05) is 7.11 Å². The molecule has 0 radical (unpaired) electrons. The van der Waals surface area contributed by atoms with Crippen molar-refractivity contribution in [1.82, 2.24) is 9.55 Å². The lowest BCUT2D eigenvalue weighted by atomic mass is 10.0. The molecule has 0 saturated heterocycles. The zero-order valence-electron chi connectivity index (χ0n) is 10.3. The molecule has 0 spiro atoms. The van der Waals surface area contributed by atoms with Crippen LogP contribution < -0.4 is 4.74 Å². The van der Waals surface area contributed by atoms with Crippen molar-refractivity contribution in [1.29, 1.82) is 0 Å². The van der Waals surface area contributed by atoms with Gasteiger partial charge in [0.2, 0.25) is 0 Å². The van der Waals surface area contributed by atoms with Gasteiger partial charge in [-0.1, -0.05) is 18.2 Å². The van der Waals surface area contributed by atoms with Crippen molar-refractivity contribution < 1.29 is 4.74 Å². The molecule has 1 heterocycles. The van der Waals surface area contributed by atoms with Crippen molar-refractivity contribution in [3.63, 3.8) is 0 Å². The maximum absolute atomic E-state index is 5.47. The molecule has 1 aliphatic carbocycles. The van der Waals surface area contributed by atoms with E-state index in [1.54, 1.807) is 7.11 Å². The molecule has 0 fully saturated rings. The minimum Gasteiger partial charge on any atom is -0.494 e. The minimum atomic E-state index is 0.461. The summed E-state index contributed by atoms with van der Waals surface area (Å²) in [6, 6.07) is 6.53. The van der Waals surface area contributed by atoms with Crippen LogP contribution in [0.4, 0.5) is 0 Å². The smallest absolute Gasteiger partial charge is 0.178 e. The first-order chi connectivity index (χ1) is 8.81. The Morgan fingerprint density at radius 1 is 1.39 bits per heavy atom. The summed E-state index contributed by atoms with van der Waals surface area (Å²) in [6.45, 7) is 0. The van der Waals surface area contributed by atoms with Crippen LogP contribution in [0.3, 0.4) is 0 Å². The van der Waals surface area contributed by atoms with Crippen LogP contribution in [0.5, 0.6) is 5.75 Å². The van der Waals surface area contributed by atoms with Gasteiger partial charge in [-0.05, 0) is 43.6 Å². The van der Waals surface area contributed by atoms with Gasteiger partial charge in [0, 0.05) is 6.04 Å². The van der Waals surface area contributed by atoms with Crippen LogP contribution >= 0.6 is 12.2 Å². The predicted molar refractivity (Wildman–Crippen MR) is 75.7 cm³/mol. The molecule has 1 aromatic carbocycles. The lowest BCUT2D eigenvalue weighted by molar-refractivity contribution is 0.419. The van der Waals surface area contributed by atoms with Crippen molar-refractivity contribution in [2.45, 2.75) is 25.3 Å². The molecule has 0 amide bonds. The second-order valence-corrected chi connectivity index (χ2v) is 4.98. The van der Waals surface area contributed by atoms with Gasteiger partial charge < -0.3 is 14.3 Å². The summed E-state index contributed by atoms with van der Waals surface area (Å²) >= 11 is 5.47. The fraction of sp³-hybridized carbons (Fsp3) is 0.357. The highest BCUT2D eigenvalue weighted by Crippen LogP contribution is 2.31. The van der Waals surface area contributed by atoms with Gasteiger partial charge in [0.1, 0.15) is 11.3 Å². The van der Waals surface area contributed by atoms with E-state index in [1.807, 2.05) is 12.1 Å². The van der Waals surface area contributed by atoms with Crippen LogP contribution in [0.2, 0.25) is 0 Å². The molecule has 4 heteroatoms. The van der Waals surface area contributed by atoms with E-state index in [0.29, 0.717) is 6.04 Å². The molecule has 1 aromatic heterocycles. The molecule has 1 aliphatic rings. The zero-order chi connectivity index (χ0) is 12.5. The maximum Gasteiger partial charge on any atom is 0.178 e. The second-order valence-electron chi connectivity index (χ2n) is 4.59. The normalized spacial score (nSPS) is 19.3. The first-order valence-electron chi connectivity index (χ1n) is 6.23. The molecule has 1 N–H and O–H groups in total. The van der Waals surface area contributed by atoms with Gasteiger partial charge in [-0.15, -0.1) is 0 Å². The molecule has 94 valence electrons. The monoisotopic (exact) mass is 260 g/mol. The fourth-order valence-corrected chi connectivity index (χ4v) is 3.02. The predicted octanol–water partition coefficient (Wildman–Crippen LogP) is 3.99. The summed E-state index contributed by atoms with van der Waals surface area (Å²) in [5.74, 6) is 0.851. The molecular formula is C14H16N2OS. The SMILES string of the molecule is COc1cccc2c1[nH]c(=S)n2C1CC=CCC1. The number of fused-ring (bicyclic) bond motifs is 1. The number of hydrogen-bond acceptors (Lipinski definition) is 2. The topological polar surface area (TPSA) is 29.9 Å². The molecule has 3 rings (SSSR count). The Hall–Kier alpha value is -1.55. The summed E-state index contributed by atoms with van der Waals surface area (Å²) in [7, 11) is 1.69. The summed E-state index contributed by atoms with van der Waals surface area (Å²) < 4.78 is 8.40. The molecular weight excluding hydrogens is 244 g/mol. The lowest BCUT2D eigenvalue weighted by Crippen LogP contribution is -2.10. The number of hydrogen-bond donors (Lipinski definition) is 1. The van der Waals surface area contributed by atoms with Gasteiger partial charge in [0.25, 0.3) is 0 Å². The van der Waals surface area contributed by atoms with E-state index in [2.05, 4.69) is 27.8 Å². The van der Waals surface area contributed by atoms with Crippen LogP contribution in [0.25, 0.3) is 11.0 Å². The highest BCUT2D eigenvalue weighted by molar-refractivity contribution is 7.71. The van der Waals surface area contributed by atoms with E-state index in [9.17, 15) is 0 Å². The van der Waals surface area contributed by atoms with Crippen molar-refractivity contribution in [3.8, 4) is 5.75 Å². The van der Waals surface area contributed by atoms with Crippen LogP contribution in [0, 0.1) is 4.77 Å². The number of aromatic nitrogens is 2. The summed E-state index contributed by atoms with van der Waals surface area (Å²) in [4.78, 5) is 3.27. The first-order valence-corrected chi connectivity index (χ1v) is 6.64. The van der Waals surface area contributed by atoms with Gasteiger partial charge in [-0.25, -0.2) is 0 Å². The number of nitrogens with zero attached hydrogens (tertiary/aromatic N) is 1. The number of ether oxygens (including phenoxy) is 1. The number of rotatable bonds is 2. The third kappa shape index (κ3) is 1.77. The highest BCUT2D eigenvalue weighted by Gasteiger charge is 2.17. The molecule has 1 unspecified atom stereocenters. The minimum absolute atomic E-state index is 0.461. The van der Waals surface area contributed by atoms with E-state index in [4.69, 9.17) is 17.0 Å². The Balaban J connectivity index is 2.20. The Morgan fingerprint density at radius 3 is 3.00 bits per heavy atom. The third-order valence-corrected chi connectivity index (χ3v) is 3.84. The van der Waals surface area contributed by atoms with Gasteiger partial charge >= 0.3 is 0 Å². The van der Waals surface area contributed by atoms with Gasteiger partial charge in [-0.3, -0.25) is 0 Å². The Bertz CT molecular complexity index is 653. The van der Waals surface area contributed by atoms with Crippen molar-refractivity contribution in [3.05, 3.63) is 35.1 Å². The summed E-state index contributed by atoms with van der Waals surface area (Å²) in [5.41, 5.74) is 2.14. The second kappa shape index (κ2) is 4.61. The maximum atomic E-state index is 5.47. The van der Waals surface area contributed by atoms with Gasteiger partial charge in [-0.2, -0.15) is 0 Å². The molecule has 0 saturated carbocycles. The first kappa shape index (κ1) is 11.5. The number of allylic oxidation sites excluding steroid dienone is 2. The molecule has 2 aromatic rings. The quantitative estimate of drug-likeness (QED) is 0.653. The van der Waals surface area contributed by atoms with E-state index in [1.165, 1.54) is 0 Å².